The van der Waals surface area contributed by atoms with Gasteiger partial charge in [0.1, 0.15) is 17.4 Å². The van der Waals surface area contributed by atoms with Crippen LogP contribution in [0.4, 0.5) is 23.4 Å². The van der Waals surface area contributed by atoms with Gasteiger partial charge in [-0.3, -0.25) is 4.79 Å². The molecule has 0 aliphatic heterocycles. The molecule has 1 N–H and O–H groups in total. The number of aromatic nitrogens is 2. The highest BCUT2D eigenvalue weighted by atomic mass is 19.4. The zero-order valence-electron chi connectivity index (χ0n) is 17.3. The Morgan fingerprint density at radius 2 is 1.68 bits per heavy atom. The molecule has 1 amide bonds. The van der Waals surface area contributed by atoms with Crippen molar-refractivity contribution in [3.05, 3.63) is 71.2 Å². The highest BCUT2D eigenvalue weighted by Crippen LogP contribution is 2.31. The van der Waals surface area contributed by atoms with Gasteiger partial charge in [-0.1, -0.05) is 20.8 Å². The van der Waals surface area contributed by atoms with Crippen molar-refractivity contribution in [1.29, 1.82) is 0 Å². The molecule has 0 aliphatic carbocycles. The van der Waals surface area contributed by atoms with Crippen LogP contribution in [0.2, 0.25) is 0 Å². The second-order valence-electron chi connectivity index (χ2n) is 7.96. The summed E-state index contributed by atoms with van der Waals surface area (Å²) in [5.74, 6) is -1.19. The van der Waals surface area contributed by atoms with E-state index in [1.807, 2.05) is 20.8 Å². The molecule has 9 heteroatoms. The maximum Gasteiger partial charge on any atom is 0.416 e. The molecule has 31 heavy (non-hydrogen) atoms. The van der Waals surface area contributed by atoms with E-state index in [0.717, 1.165) is 6.07 Å². The molecule has 0 atom stereocenters. The van der Waals surface area contributed by atoms with Gasteiger partial charge in [0.15, 0.2) is 0 Å². The number of nitrogens with one attached hydrogen (secondary N) is 1. The summed E-state index contributed by atoms with van der Waals surface area (Å²) < 4.78 is 59.3. The minimum absolute atomic E-state index is 0.234. The van der Waals surface area contributed by atoms with Crippen LogP contribution in [0.5, 0.6) is 5.75 Å². The lowest BCUT2D eigenvalue weighted by Gasteiger charge is -2.14. The number of hydrogen-bond acceptors (Lipinski definition) is 3. The lowest BCUT2D eigenvalue weighted by atomic mass is 9.92. The Morgan fingerprint density at radius 3 is 2.23 bits per heavy atom. The summed E-state index contributed by atoms with van der Waals surface area (Å²) in [6.45, 7) is 5.80. The van der Waals surface area contributed by atoms with Gasteiger partial charge in [-0.2, -0.15) is 18.3 Å². The first-order valence-corrected chi connectivity index (χ1v) is 9.32. The first-order valence-electron chi connectivity index (χ1n) is 9.32. The molecule has 3 rings (SSSR count). The van der Waals surface area contributed by atoms with Crippen molar-refractivity contribution >= 4 is 11.7 Å². The molecule has 0 saturated heterocycles. The molecular formula is C22H21F4N3O2. The number of amides is 1. The third kappa shape index (κ3) is 5.04. The van der Waals surface area contributed by atoms with E-state index in [4.69, 9.17) is 4.74 Å². The molecule has 164 valence electrons. The van der Waals surface area contributed by atoms with Gasteiger partial charge in [-0.05, 0) is 42.5 Å². The fourth-order valence-corrected chi connectivity index (χ4v) is 2.83. The number of halogens is 4. The van der Waals surface area contributed by atoms with Crippen molar-refractivity contribution in [2.75, 3.05) is 12.4 Å². The van der Waals surface area contributed by atoms with Crippen LogP contribution in [-0.2, 0) is 11.6 Å². The van der Waals surface area contributed by atoms with Crippen molar-refractivity contribution in [3.63, 3.8) is 0 Å². The van der Waals surface area contributed by atoms with Gasteiger partial charge < -0.3 is 10.1 Å². The normalized spacial score (nSPS) is 12.0. The minimum Gasteiger partial charge on any atom is -0.497 e. The highest BCUT2D eigenvalue weighted by molar-refractivity contribution is 6.04. The molecular weight excluding hydrogens is 414 g/mol. The van der Waals surface area contributed by atoms with Crippen molar-refractivity contribution < 1.29 is 27.1 Å². The quantitative estimate of drug-likeness (QED) is 0.544. The van der Waals surface area contributed by atoms with Crippen molar-refractivity contribution in [1.82, 2.24) is 9.78 Å². The topological polar surface area (TPSA) is 56.1 Å². The first-order chi connectivity index (χ1) is 14.4. The summed E-state index contributed by atoms with van der Waals surface area (Å²) in [6, 6.07) is 10.2. The molecule has 0 aliphatic rings. The van der Waals surface area contributed by atoms with Gasteiger partial charge in [-0.15, -0.1) is 0 Å². The molecule has 1 aromatic heterocycles. The smallest absolute Gasteiger partial charge is 0.416 e. The number of nitrogens with zero attached hydrogens (tertiary/aromatic N) is 2. The van der Waals surface area contributed by atoms with Crippen LogP contribution in [0.3, 0.4) is 0 Å². The minimum atomic E-state index is -4.78. The van der Waals surface area contributed by atoms with Gasteiger partial charge in [-0.25, -0.2) is 9.07 Å². The standard InChI is InChI=1S/C22H21F4N3O2/c1-21(2,3)18-12-19(29(28-18)16-5-7-17(31-4)8-6-16)27-20(30)13-9-14(22(24,25)26)11-15(23)10-13/h5-12H,1-4H3,(H,27,30). The number of ether oxygens (including phenoxy) is 1. The summed E-state index contributed by atoms with van der Waals surface area (Å²) in [4.78, 5) is 12.7. The van der Waals surface area contributed by atoms with E-state index in [2.05, 4.69) is 10.4 Å². The number of rotatable bonds is 4. The zero-order chi connectivity index (χ0) is 23.0. The predicted octanol–water partition coefficient (Wildman–Crippen LogP) is 5.59. The average Bonchev–Trinajstić information content (AvgIpc) is 3.11. The molecule has 0 radical (unpaired) electrons. The summed E-state index contributed by atoms with van der Waals surface area (Å²) in [7, 11) is 1.53. The molecule has 3 aromatic rings. The van der Waals surface area contributed by atoms with E-state index in [9.17, 15) is 22.4 Å². The van der Waals surface area contributed by atoms with Crippen molar-refractivity contribution in [2.45, 2.75) is 32.4 Å². The Morgan fingerprint density at radius 1 is 1.03 bits per heavy atom. The second kappa shape index (κ2) is 8.05. The van der Waals surface area contributed by atoms with Crippen LogP contribution in [0, 0.1) is 5.82 Å². The Bertz CT molecular complexity index is 1100. The fraction of sp³-hybridized carbons (Fsp3) is 0.273. The summed E-state index contributed by atoms with van der Waals surface area (Å²) in [5.41, 5.74) is -0.807. The monoisotopic (exact) mass is 435 g/mol. The molecule has 5 nitrogen and oxygen atoms in total. The molecule has 0 bridgehead atoms. The Hall–Kier alpha value is -3.36. The lowest BCUT2D eigenvalue weighted by Crippen LogP contribution is -2.17. The van der Waals surface area contributed by atoms with E-state index in [0.29, 0.717) is 29.3 Å². The lowest BCUT2D eigenvalue weighted by molar-refractivity contribution is -0.137. The largest absolute Gasteiger partial charge is 0.497 e. The molecule has 0 fully saturated rings. The number of hydrogen-bond donors (Lipinski definition) is 1. The maximum atomic E-state index is 13.7. The van der Waals surface area contributed by atoms with Crippen LogP contribution < -0.4 is 10.1 Å². The number of alkyl halides is 3. The number of benzene rings is 2. The molecule has 0 spiro atoms. The number of carbonyl (C=O) groups is 1. The van der Waals surface area contributed by atoms with Crippen LogP contribution in [0.25, 0.3) is 5.69 Å². The maximum absolute atomic E-state index is 13.7. The molecule has 0 unspecified atom stereocenters. The van der Waals surface area contributed by atoms with Crippen molar-refractivity contribution in [3.8, 4) is 11.4 Å². The molecule has 0 saturated carbocycles. The summed E-state index contributed by atoms with van der Waals surface area (Å²) >= 11 is 0. The predicted molar refractivity (Wildman–Crippen MR) is 108 cm³/mol. The average molecular weight is 435 g/mol. The van der Waals surface area contributed by atoms with Crippen LogP contribution in [0.1, 0.15) is 42.4 Å². The van der Waals surface area contributed by atoms with Gasteiger partial charge in [0.2, 0.25) is 0 Å². The first kappa shape index (κ1) is 22.3. The zero-order valence-corrected chi connectivity index (χ0v) is 17.3. The van der Waals surface area contributed by atoms with Crippen LogP contribution in [-0.4, -0.2) is 22.8 Å². The van der Waals surface area contributed by atoms with E-state index in [-0.39, 0.29) is 11.2 Å². The SMILES string of the molecule is COc1ccc(-n2nc(C(C)(C)C)cc2NC(=O)c2cc(F)cc(C(F)(F)F)c2)cc1. The number of anilines is 1. The summed E-state index contributed by atoms with van der Waals surface area (Å²) in [5, 5.41) is 7.08. The fourth-order valence-electron chi connectivity index (χ4n) is 2.83. The Labute approximate surface area is 176 Å². The third-order valence-corrected chi connectivity index (χ3v) is 4.52. The third-order valence-electron chi connectivity index (χ3n) is 4.52. The Balaban J connectivity index is 2.01. The van der Waals surface area contributed by atoms with Gasteiger partial charge in [0, 0.05) is 17.0 Å². The van der Waals surface area contributed by atoms with E-state index in [1.165, 1.54) is 11.8 Å². The van der Waals surface area contributed by atoms with Gasteiger partial charge >= 0.3 is 6.18 Å². The van der Waals surface area contributed by atoms with Crippen LogP contribution in [0.15, 0.2) is 48.5 Å². The number of carbonyl (C=O) groups excluding carboxylic acids is 1. The summed E-state index contributed by atoms with van der Waals surface area (Å²) in [6.07, 6.45) is -4.78. The number of methoxy groups -OCH3 is 1. The van der Waals surface area contributed by atoms with Crippen LogP contribution >= 0.6 is 0 Å². The second-order valence-corrected chi connectivity index (χ2v) is 7.96. The Kier molecular flexibility index (Phi) is 5.80. The molecule has 2 aromatic carbocycles. The van der Waals surface area contributed by atoms with E-state index >= 15 is 0 Å². The van der Waals surface area contributed by atoms with E-state index < -0.39 is 29.0 Å². The van der Waals surface area contributed by atoms with E-state index in [1.54, 1.807) is 30.3 Å². The van der Waals surface area contributed by atoms with Gasteiger partial charge in [0.25, 0.3) is 5.91 Å². The van der Waals surface area contributed by atoms with Crippen molar-refractivity contribution in [2.24, 2.45) is 0 Å². The highest BCUT2D eigenvalue weighted by Gasteiger charge is 2.32. The van der Waals surface area contributed by atoms with Gasteiger partial charge in [0.05, 0.1) is 24.1 Å². The molecule has 1 heterocycles.